The molecule has 1 aromatic rings. The van der Waals surface area contributed by atoms with E-state index < -0.39 is 8.07 Å². The molecule has 1 aliphatic carbocycles. The number of rotatable bonds is 4. The van der Waals surface area contributed by atoms with Crippen LogP contribution in [0.15, 0.2) is 9.64 Å². The Hall–Kier alpha value is -0.293. The minimum absolute atomic E-state index is 0.525. The summed E-state index contributed by atoms with van der Waals surface area (Å²) in [6.07, 6.45) is 6.43. The zero-order valence-corrected chi connectivity index (χ0v) is 12.8. The second-order valence-corrected chi connectivity index (χ2v) is 13.0. The fourth-order valence-electron chi connectivity index (χ4n) is 2.07. The summed E-state index contributed by atoms with van der Waals surface area (Å²) in [5.41, 5.74) is 0. The van der Waals surface area contributed by atoms with Gasteiger partial charge in [0.2, 0.25) is 5.89 Å². The van der Waals surface area contributed by atoms with Crippen molar-refractivity contribution >= 4 is 19.8 Å². The van der Waals surface area contributed by atoms with Crippen LogP contribution in [0.25, 0.3) is 0 Å². The molecule has 3 nitrogen and oxygen atoms in total. The highest BCUT2D eigenvalue weighted by Crippen LogP contribution is 2.33. The Labute approximate surface area is 109 Å². The van der Waals surface area contributed by atoms with E-state index in [0.717, 1.165) is 16.5 Å². The maximum atomic E-state index is 5.78. The first kappa shape index (κ1) is 13.1. The highest BCUT2D eigenvalue weighted by molar-refractivity contribution is 8.00. The van der Waals surface area contributed by atoms with Crippen molar-refractivity contribution in [3.05, 3.63) is 5.89 Å². The largest absolute Gasteiger partial charge is 0.416 e. The van der Waals surface area contributed by atoms with Crippen LogP contribution < -0.4 is 0 Å². The molecular weight excluding hydrogens is 248 g/mol. The average Bonchev–Trinajstić information content (AvgIpc) is 2.75. The summed E-state index contributed by atoms with van der Waals surface area (Å²) in [5.74, 6) is 1.40. The first-order chi connectivity index (χ1) is 8.04. The normalized spacial score (nSPS) is 18.5. The van der Waals surface area contributed by atoms with Gasteiger partial charge in [0.1, 0.15) is 0 Å². The zero-order valence-electron chi connectivity index (χ0n) is 11.0. The Morgan fingerprint density at radius 2 is 1.88 bits per heavy atom. The highest BCUT2D eigenvalue weighted by atomic mass is 32.2. The Bertz CT molecular complexity index is 356. The molecule has 0 unspecified atom stereocenters. The van der Waals surface area contributed by atoms with Gasteiger partial charge in [-0.25, -0.2) is 0 Å². The first-order valence-electron chi connectivity index (χ1n) is 6.51. The van der Waals surface area contributed by atoms with Gasteiger partial charge in [-0.3, -0.25) is 0 Å². The lowest BCUT2D eigenvalue weighted by molar-refractivity contribution is 0.334. The molecule has 17 heavy (non-hydrogen) atoms. The second kappa shape index (κ2) is 5.57. The summed E-state index contributed by atoms with van der Waals surface area (Å²) in [4.78, 5) is 0. The molecule has 1 fully saturated rings. The van der Waals surface area contributed by atoms with Crippen LogP contribution in [-0.2, 0) is 0 Å². The summed E-state index contributed by atoms with van der Waals surface area (Å²) >= 11 is 1.73. The van der Waals surface area contributed by atoms with Crippen molar-refractivity contribution in [1.82, 2.24) is 10.2 Å². The quantitative estimate of drug-likeness (QED) is 0.610. The second-order valence-electron chi connectivity index (χ2n) is 6.09. The molecule has 2 rings (SSSR count). The molecule has 0 bridgehead atoms. The third-order valence-electron chi connectivity index (χ3n) is 3.01. The van der Waals surface area contributed by atoms with E-state index in [1.54, 1.807) is 11.8 Å². The van der Waals surface area contributed by atoms with Crippen LogP contribution in [0.3, 0.4) is 0 Å². The Kier molecular flexibility index (Phi) is 4.30. The van der Waals surface area contributed by atoms with E-state index in [1.165, 1.54) is 32.1 Å². The molecule has 0 radical (unpaired) electrons. The van der Waals surface area contributed by atoms with Crippen LogP contribution in [-0.4, -0.2) is 23.6 Å². The molecule has 96 valence electrons. The third kappa shape index (κ3) is 4.14. The summed E-state index contributed by atoms with van der Waals surface area (Å²) in [6.45, 7) is 7.08. The predicted octanol–water partition coefficient (Wildman–Crippen LogP) is 4.09. The minimum atomic E-state index is -1.04. The van der Waals surface area contributed by atoms with E-state index in [-0.39, 0.29) is 0 Å². The zero-order chi connectivity index (χ0) is 12.3. The van der Waals surface area contributed by atoms with E-state index in [1.807, 2.05) is 0 Å². The molecule has 1 saturated carbocycles. The smallest absolute Gasteiger partial charge is 0.276 e. The van der Waals surface area contributed by atoms with E-state index >= 15 is 0 Å². The van der Waals surface area contributed by atoms with Gasteiger partial charge >= 0.3 is 0 Å². The van der Waals surface area contributed by atoms with Gasteiger partial charge in [0.15, 0.2) is 0 Å². The van der Waals surface area contributed by atoms with Crippen molar-refractivity contribution < 1.29 is 4.42 Å². The van der Waals surface area contributed by atoms with Gasteiger partial charge in [0, 0.05) is 5.92 Å². The molecule has 0 aliphatic heterocycles. The predicted molar refractivity (Wildman–Crippen MR) is 74.2 cm³/mol. The molecule has 0 aromatic carbocycles. The number of hydrogen-bond acceptors (Lipinski definition) is 4. The number of thioether (sulfide) groups is 1. The molecule has 1 heterocycles. The van der Waals surface area contributed by atoms with E-state index in [0.29, 0.717) is 5.92 Å². The van der Waals surface area contributed by atoms with Gasteiger partial charge in [0.25, 0.3) is 5.22 Å². The lowest BCUT2D eigenvalue weighted by Gasteiger charge is -2.17. The first-order valence-corrected chi connectivity index (χ1v) is 11.2. The van der Waals surface area contributed by atoms with E-state index in [9.17, 15) is 0 Å². The van der Waals surface area contributed by atoms with Gasteiger partial charge in [0.05, 0.1) is 8.07 Å². The standard InChI is InChI=1S/C12H22N2OSSi/c1-17(2,3)9-16-12-14-13-11(15-12)10-7-5-4-6-8-10/h10H,4-9H2,1-3H3. The minimum Gasteiger partial charge on any atom is -0.416 e. The van der Waals surface area contributed by atoms with Gasteiger partial charge in [-0.2, -0.15) is 0 Å². The van der Waals surface area contributed by atoms with Crippen LogP contribution in [0.4, 0.5) is 0 Å². The average molecular weight is 270 g/mol. The summed E-state index contributed by atoms with van der Waals surface area (Å²) < 4.78 is 5.78. The molecule has 0 amide bonds. The summed E-state index contributed by atoms with van der Waals surface area (Å²) in [6, 6.07) is 0. The SMILES string of the molecule is C[Si](C)(C)CSc1nnc(C2CCCCC2)o1. The van der Waals surface area contributed by atoms with Crippen molar-refractivity contribution in [3.63, 3.8) is 0 Å². The van der Waals surface area contributed by atoms with Crippen molar-refractivity contribution in [2.45, 2.75) is 62.9 Å². The van der Waals surface area contributed by atoms with Crippen molar-refractivity contribution in [2.24, 2.45) is 0 Å². The van der Waals surface area contributed by atoms with Crippen LogP contribution in [0.5, 0.6) is 0 Å². The Morgan fingerprint density at radius 1 is 1.18 bits per heavy atom. The van der Waals surface area contributed by atoms with Crippen molar-refractivity contribution in [1.29, 1.82) is 0 Å². The third-order valence-corrected chi connectivity index (χ3v) is 7.46. The fraction of sp³-hybridized carbons (Fsp3) is 0.833. The molecular formula is C12H22N2OSSi. The number of nitrogens with zero attached hydrogens (tertiary/aromatic N) is 2. The molecule has 0 spiro atoms. The van der Waals surface area contributed by atoms with Crippen molar-refractivity contribution in [2.75, 3.05) is 5.38 Å². The van der Waals surface area contributed by atoms with E-state index in [2.05, 4.69) is 29.8 Å². The van der Waals surface area contributed by atoms with Gasteiger partial charge in [-0.1, -0.05) is 50.7 Å². The summed E-state index contributed by atoms with van der Waals surface area (Å²) in [5, 5.41) is 10.3. The van der Waals surface area contributed by atoms with Crippen LogP contribution in [0, 0.1) is 0 Å². The number of aromatic nitrogens is 2. The van der Waals surface area contributed by atoms with Gasteiger partial charge in [-0.15, -0.1) is 10.2 Å². The molecule has 1 aromatic heterocycles. The molecule has 0 saturated heterocycles. The van der Waals surface area contributed by atoms with Gasteiger partial charge < -0.3 is 4.42 Å². The fourth-order valence-corrected chi connectivity index (χ4v) is 4.54. The molecule has 0 atom stereocenters. The Morgan fingerprint density at radius 3 is 2.53 bits per heavy atom. The van der Waals surface area contributed by atoms with Crippen molar-refractivity contribution in [3.8, 4) is 0 Å². The Balaban J connectivity index is 1.91. The lowest BCUT2D eigenvalue weighted by atomic mass is 9.89. The molecule has 0 N–H and O–H groups in total. The lowest BCUT2D eigenvalue weighted by Crippen LogP contribution is -2.23. The monoisotopic (exact) mass is 270 g/mol. The van der Waals surface area contributed by atoms with Crippen LogP contribution in [0.1, 0.15) is 43.9 Å². The van der Waals surface area contributed by atoms with Gasteiger partial charge in [-0.05, 0) is 18.2 Å². The maximum absolute atomic E-state index is 5.78. The molecule has 1 aliphatic rings. The summed E-state index contributed by atoms with van der Waals surface area (Å²) in [7, 11) is -1.04. The topological polar surface area (TPSA) is 38.9 Å². The molecule has 5 heteroatoms. The number of hydrogen-bond donors (Lipinski definition) is 0. The highest BCUT2D eigenvalue weighted by Gasteiger charge is 2.22. The van der Waals surface area contributed by atoms with Crippen LogP contribution >= 0.6 is 11.8 Å². The van der Waals surface area contributed by atoms with E-state index in [4.69, 9.17) is 4.42 Å². The van der Waals surface area contributed by atoms with Crippen LogP contribution in [0.2, 0.25) is 19.6 Å². The maximum Gasteiger partial charge on any atom is 0.276 e.